The van der Waals surface area contributed by atoms with Gasteiger partial charge in [0.25, 0.3) is 5.91 Å². The first-order valence-corrected chi connectivity index (χ1v) is 9.54. The van der Waals surface area contributed by atoms with E-state index in [4.69, 9.17) is 5.73 Å². The van der Waals surface area contributed by atoms with Crippen molar-refractivity contribution in [2.75, 3.05) is 6.54 Å². The third-order valence-electron chi connectivity index (χ3n) is 5.05. The number of amides is 1. The fourth-order valence-corrected chi connectivity index (χ4v) is 4.74. The fraction of sp³-hybridized carbons (Fsp3) is 0.368. The first-order valence-electron chi connectivity index (χ1n) is 8.73. The zero-order chi connectivity index (χ0) is 17.4. The summed E-state index contributed by atoms with van der Waals surface area (Å²) in [4.78, 5) is 14.5. The van der Waals surface area contributed by atoms with Gasteiger partial charge < -0.3 is 11.1 Å². The fourth-order valence-electron chi connectivity index (χ4n) is 3.65. The quantitative estimate of drug-likeness (QED) is 0.755. The average molecular weight is 354 g/mol. The molecule has 0 aliphatic heterocycles. The van der Waals surface area contributed by atoms with Crippen LogP contribution in [0.3, 0.4) is 0 Å². The Morgan fingerprint density at radius 2 is 2.16 bits per heavy atom. The van der Waals surface area contributed by atoms with Gasteiger partial charge in [-0.1, -0.05) is 24.6 Å². The van der Waals surface area contributed by atoms with Gasteiger partial charge in [-0.25, -0.2) is 4.68 Å². The van der Waals surface area contributed by atoms with Crippen molar-refractivity contribution < 1.29 is 4.79 Å². The lowest BCUT2D eigenvalue weighted by Gasteiger charge is -2.18. The van der Waals surface area contributed by atoms with E-state index >= 15 is 0 Å². The Balaban J connectivity index is 1.64. The van der Waals surface area contributed by atoms with Crippen molar-refractivity contribution in [2.24, 2.45) is 11.7 Å². The van der Waals surface area contributed by atoms with Crippen molar-refractivity contribution >= 4 is 27.5 Å². The Hall–Kier alpha value is -2.18. The highest BCUT2D eigenvalue weighted by atomic mass is 32.1. The van der Waals surface area contributed by atoms with E-state index in [2.05, 4.69) is 10.4 Å². The molecule has 25 heavy (non-hydrogen) atoms. The molecule has 130 valence electrons. The summed E-state index contributed by atoms with van der Waals surface area (Å²) in [6, 6.07) is 12.2. The number of fused-ring (bicyclic) bond motifs is 1. The number of aromatic nitrogens is 2. The minimum absolute atomic E-state index is 0.00515. The summed E-state index contributed by atoms with van der Waals surface area (Å²) in [5, 5.41) is 8.86. The minimum Gasteiger partial charge on any atom is -0.348 e. The summed E-state index contributed by atoms with van der Waals surface area (Å²) >= 11 is 1.50. The third kappa shape index (κ3) is 2.96. The molecule has 6 heteroatoms. The van der Waals surface area contributed by atoms with E-state index in [0.717, 1.165) is 45.7 Å². The van der Waals surface area contributed by atoms with Crippen LogP contribution in [-0.4, -0.2) is 28.3 Å². The third-order valence-corrected chi connectivity index (χ3v) is 6.16. The number of nitrogens with one attached hydrogen (secondary N) is 1. The Labute approximate surface area is 150 Å². The van der Waals surface area contributed by atoms with E-state index in [1.54, 1.807) is 0 Å². The number of carbonyl (C=O) groups excluding carboxylic acids is 1. The van der Waals surface area contributed by atoms with Crippen molar-refractivity contribution in [1.29, 1.82) is 0 Å². The Morgan fingerprint density at radius 1 is 1.36 bits per heavy atom. The first kappa shape index (κ1) is 16.3. The van der Waals surface area contributed by atoms with Crippen LogP contribution in [0.1, 0.15) is 34.6 Å². The second-order valence-corrected chi connectivity index (χ2v) is 7.70. The number of carbonyl (C=O) groups is 1. The van der Waals surface area contributed by atoms with Gasteiger partial charge in [0.2, 0.25) is 0 Å². The number of aryl methyl sites for hydroxylation is 1. The standard InChI is InChI=1S/C19H22N4OS/c1-12-15-10-17(18(24)21-16-9-5-6-13(16)11-20)25-19(15)23(22-12)14-7-3-2-4-8-14/h2-4,7-8,10,13,16H,5-6,9,11,20H2,1H3,(H,21,24). The molecule has 3 aromatic rings. The Kier molecular flexibility index (Phi) is 4.31. The molecule has 1 amide bonds. The number of nitrogens with zero attached hydrogens (tertiary/aromatic N) is 2. The number of para-hydroxylation sites is 1. The van der Waals surface area contributed by atoms with Crippen LogP contribution >= 0.6 is 11.3 Å². The van der Waals surface area contributed by atoms with E-state index in [1.165, 1.54) is 11.3 Å². The van der Waals surface area contributed by atoms with Crippen molar-refractivity contribution in [3.8, 4) is 5.69 Å². The summed E-state index contributed by atoms with van der Waals surface area (Å²) in [6.07, 6.45) is 3.27. The number of hydrogen-bond donors (Lipinski definition) is 2. The summed E-state index contributed by atoms with van der Waals surface area (Å²) in [5.74, 6) is 0.408. The topological polar surface area (TPSA) is 72.9 Å². The number of rotatable bonds is 4. The number of thiophene rings is 1. The van der Waals surface area contributed by atoms with Gasteiger partial charge in [0.15, 0.2) is 0 Å². The molecule has 2 unspecified atom stereocenters. The van der Waals surface area contributed by atoms with Crippen LogP contribution in [0.15, 0.2) is 36.4 Å². The lowest BCUT2D eigenvalue weighted by Crippen LogP contribution is -2.39. The molecular weight excluding hydrogens is 332 g/mol. The maximum Gasteiger partial charge on any atom is 0.261 e. The molecule has 3 N–H and O–H groups in total. The Bertz CT molecular complexity index is 899. The van der Waals surface area contributed by atoms with Crippen LogP contribution < -0.4 is 11.1 Å². The second-order valence-electron chi connectivity index (χ2n) is 6.67. The van der Waals surface area contributed by atoms with E-state index in [-0.39, 0.29) is 11.9 Å². The van der Waals surface area contributed by atoms with E-state index in [0.29, 0.717) is 12.5 Å². The van der Waals surface area contributed by atoms with Crippen LogP contribution in [0.2, 0.25) is 0 Å². The highest BCUT2D eigenvalue weighted by Gasteiger charge is 2.28. The smallest absolute Gasteiger partial charge is 0.261 e. The van der Waals surface area contributed by atoms with Crippen LogP contribution in [0.25, 0.3) is 15.9 Å². The Morgan fingerprint density at radius 3 is 2.92 bits per heavy atom. The van der Waals surface area contributed by atoms with Gasteiger partial charge in [0.1, 0.15) is 4.83 Å². The first-order chi connectivity index (χ1) is 12.2. The number of nitrogens with two attached hydrogens (primary N) is 1. The molecule has 0 radical (unpaired) electrons. The lowest BCUT2D eigenvalue weighted by molar-refractivity contribution is 0.0933. The maximum absolute atomic E-state index is 12.7. The molecule has 0 spiro atoms. The highest BCUT2D eigenvalue weighted by molar-refractivity contribution is 7.20. The molecule has 2 atom stereocenters. The second kappa shape index (κ2) is 6.61. The average Bonchev–Trinajstić information content (AvgIpc) is 3.32. The van der Waals surface area contributed by atoms with Gasteiger partial charge >= 0.3 is 0 Å². The maximum atomic E-state index is 12.7. The van der Waals surface area contributed by atoms with Gasteiger partial charge in [0.05, 0.1) is 16.3 Å². The van der Waals surface area contributed by atoms with Gasteiger partial charge in [0, 0.05) is 11.4 Å². The number of benzene rings is 1. The number of hydrogen-bond acceptors (Lipinski definition) is 4. The molecule has 4 rings (SSSR count). The van der Waals surface area contributed by atoms with Gasteiger partial charge in [-0.2, -0.15) is 5.10 Å². The monoisotopic (exact) mass is 354 g/mol. The molecule has 1 aromatic carbocycles. The summed E-state index contributed by atoms with van der Waals surface area (Å²) in [7, 11) is 0. The van der Waals surface area contributed by atoms with Crippen molar-refractivity contribution in [2.45, 2.75) is 32.2 Å². The van der Waals surface area contributed by atoms with Gasteiger partial charge in [-0.3, -0.25) is 4.79 Å². The van der Waals surface area contributed by atoms with E-state index in [1.807, 2.05) is 48.0 Å². The molecule has 1 aliphatic rings. The molecule has 0 saturated heterocycles. The lowest BCUT2D eigenvalue weighted by atomic mass is 10.0. The predicted molar refractivity (Wildman–Crippen MR) is 101 cm³/mol. The molecule has 1 fully saturated rings. The van der Waals surface area contributed by atoms with Gasteiger partial charge in [-0.15, -0.1) is 11.3 Å². The van der Waals surface area contributed by atoms with Crippen molar-refractivity contribution in [3.05, 3.63) is 47.0 Å². The minimum atomic E-state index is 0.00515. The molecule has 0 bridgehead atoms. The summed E-state index contributed by atoms with van der Waals surface area (Å²) in [5.41, 5.74) is 7.77. The van der Waals surface area contributed by atoms with Crippen LogP contribution in [0, 0.1) is 12.8 Å². The zero-order valence-electron chi connectivity index (χ0n) is 14.2. The van der Waals surface area contributed by atoms with E-state index < -0.39 is 0 Å². The van der Waals surface area contributed by atoms with Crippen LogP contribution in [-0.2, 0) is 0 Å². The SMILES string of the molecule is Cc1nn(-c2ccccc2)c2sc(C(=O)NC3CCCC3CN)cc12. The van der Waals surface area contributed by atoms with Crippen LogP contribution in [0.4, 0.5) is 0 Å². The molecule has 5 nitrogen and oxygen atoms in total. The normalized spacial score (nSPS) is 20.2. The molecular formula is C19H22N4OS. The van der Waals surface area contributed by atoms with Crippen molar-refractivity contribution in [1.82, 2.24) is 15.1 Å². The molecule has 2 aromatic heterocycles. The van der Waals surface area contributed by atoms with Gasteiger partial charge in [-0.05, 0) is 50.4 Å². The summed E-state index contributed by atoms with van der Waals surface area (Å²) < 4.78 is 1.92. The molecule has 2 heterocycles. The predicted octanol–water partition coefficient (Wildman–Crippen LogP) is 3.25. The van der Waals surface area contributed by atoms with Crippen LogP contribution in [0.5, 0.6) is 0 Å². The largest absolute Gasteiger partial charge is 0.348 e. The summed E-state index contributed by atoms with van der Waals surface area (Å²) in [6.45, 7) is 2.62. The highest BCUT2D eigenvalue weighted by Crippen LogP contribution is 2.31. The van der Waals surface area contributed by atoms with Crippen molar-refractivity contribution in [3.63, 3.8) is 0 Å². The van der Waals surface area contributed by atoms with E-state index in [9.17, 15) is 4.79 Å². The molecule has 1 saturated carbocycles. The molecule has 1 aliphatic carbocycles. The zero-order valence-corrected chi connectivity index (χ0v) is 15.1.